The first-order valence-corrected chi connectivity index (χ1v) is 9.03. The van der Waals surface area contributed by atoms with Gasteiger partial charge in [-0.05, 0) is 31.0 Å². The molecule has 1 heterocycles. The summed E-state index contributed by atoms with van der Waals surface area (Å²) in [7, 11) is 0. The number of nitrogens with zero attached hydrogens (tertiary/aromatic N) is 1. The van der Waals surface area contributed by atoms with E-state index in [1.807, 2.05) is 0 Å². The van der Waals surface area contributed by atoms with Crippen molar-refractivity contribution in [1.82, 2.24) is 5.32 Å². The Balaban J connectivity index is 1.78. The van der Waals surface area contributed by atoms with E-state index in [-0.39, 0.29) is 37.2 Å². The van der Waals surface area contributed by atoms with Crippen molar-refractivity contribution >= 4 is 29.1 Å². The van der Waals surface area contributed by atoms with Crippen molar-refractivity contribution in [3.05, 3.63) is 23.8 Å². The van der Waals surface area contributed by atoms with Crippen LogP contribution in [0, 0.1) is 0 Å². The van der Waals surface area contributed by atoms with Gasteiger partial charge in [0.05, 0.1) is 12.3 Å². The summed E-state index contributed by atoms with van der Waals surface area (Å²) in [6.07, 6.45) is -0.170. The van der Waals surface area contributed by atoms with Gasteiger partial charge in [0.25, 0.3) is 18.2 Å². The van der Waals surface area contributed by atoms with E-state index in [9.17, 15) is 23.2 Å². The van der Waals surface area contributed by atoms with Gasteiger partial charge in [0.15, 0.2) is 6.04 Å². The van der Waals surface area contributed by atoms with Gasteiger partial charge in [0.2, 0.25) is 5.91 Å². The van der Waals surface area contributed by atoms with E-state index in [0.29, 0.717) is 0 Å². The average molecular weight is 396 g/mol. The van der Waals surface area contributed by atoms with E-state index in [2.05, 4.69) is 10.6 Å². The lowest BCUT2D eigenvalue weighted by atomic mass is 9.92. The second kappa shape index (κ2) is 8.61. The Morgan fingerprint density at radius 2 is 2.04 bits per heavy atom. The van der Waals surface area contributed by atoms with Crippen molar-refractivity contribution in [2.24, 2.45) is 5.73 Å². The van der Waals surface area contributed by atoms with Gasteiger partial charge in [0.1, 0.15) is 6.61 Å². The number of halogens is 2. The molecule has 1 aliphatic carbocycles. The number of hydrogen-bond donors (Lipinski definition) is 3. The smallest absolute Gasteiger partial charge is 0.265 e. The molecule has 1 aromatic carbocycles. The Hall–Kier alpha value is -2.59. The maximum atomic E-state index is 13.6. The van der Waals surface area contributed by atoms with E-state index in [0.717, 1.165) is 25.3 Å². The number of morpholine rings is 1. The Kier molecular flexibility index (Phi) is 6.20. The van der Waals surface area contributed by atoms with Gasteiger partial charge in [-0.3, -0.25) is 19.7 Å². The zero-order valence-corrected chi connectivity index (χ0v) is 15.1. The van der Waals surface area contributed by atoms with Gasteiger partial charge in [-0.15, -0.1) is 0 Å². The fourth-order valence-corrected chi connectivity index (χ4v) is 3.14. The number of anilines is 2. The number of carbonyl (C=O) groups is 3. The molecule has 3 rings (SSSR count). The second-order valence-corrected chi connectivity index (χ2v) is 6.79. The number of hydrogen-bond acceptors (Lipinski definition) is 5. The summed E-state index contributed by atoms with van der Waals surface area (Å²) in [5.41, 5.74) is 5.06. The molecule has 2 aliphatic rings. The SMILES string of the molecule is NC(=O)[C@H](NC1CCC1)C(=O)Nc1ccc(N2CCOCC2=O)c(C(F)F)c1. The third-order valence-electron chi connectivity index (χ3n) is 4.86. The Labute approximate surface area is 160 Å². The molecule has 0 unspecified atom stereocenters. The quantitative estimate of drug-likeness (QED) is 0.593. The van der Waals surface area contributed by atoms with Gasteiger partial charge in [-0.25, -0.2) is 8.78 Å². The van der Waals surface area contributed by atoms with Crippen molar-refractivity contribution in [1.29, 1.82) is 0 Å². The van der Waals surface area contributed by atoms with Gasteiger partial charge >= 0.3 is 0 Å². The van der Waals surface area contributed by atoms with Crippen LogP contribution in [-0.4, -0.2) is 49.6 Å². The first kappa shape index (κ1) is 20.2. The number of benzene rings is 1. The molecule has 1 atom stereocenters. The standard InChI is InChI=1S/C18H22F2N4O4/c19-16(20)12-8-11(4-5-13(12)24-6-7-28-9-14(24)25)23-18(27)15(17(21)26)22-10-2-1-3-10/h4-5,8,10,15-16,22H,1-3,6-7,9H2,(H2,21,26)(H,23,27)/t15-/m0/s1. The number of nitrogens with one attached hydrogen (secondary N) is 2. The van der Waals surface area contributed by atoms with Crippen molar-refractivity contribution < 1.29 is 27.9 Å². The van der Waals surface area contributed by atoms with Crippen molar-refractivity contribution in [2.75, 3.05) is 30.0 Å². The number of rotatable bonds is 7. The molecule has 1 aromatic rings. The molecule has 4 N–H and O–H groups in total. The zero-order valence-electron chi connectivity index (χ0n) is 15.1. The molecule has 28 heavy (non-hydrogen) atoms. The number of amides is 3. The molecule has 0 spiro atoms. The highest BCUT2D eigenvalue weighted by Crippen LogP contribution is 2.33. The number of carbonyl (C=O) groups excluding carboxylic acids is 3. The van der Waals surface area contributed by atoms with Crippen LogP contribution in [0.15, 0.2) is 18.2 Å². The Bertz CT molecular complexity index is 770. The Morgan fingerprint density at radius 3 is 2.61 bits per heavy atom. The lowest BCUT2D eigenvalue weighted by Crippen LogP contribution is -2.54. The van der Waals surface area contributed by atoms with Crippen molar-refractivity contribution in [3.8, 4) is 0 Å². The molecule has 3 amide bonds. The molecule has 8 nitrogen and oxygen atoms in total. The summed E-state index contributed by atoms with van der Waals surface area (Å²) in [6, 6.07) is 2.64. The highest BCUT2D eigenvalue weighted by atomic mass is 19.3. The molecule has 152 valence electrons. The first-order chi connectivity index (χ1) is 13.4. The van der Waals surface area contributed by atoms with E-state index in [1.165, 1.54) is 17.0 Å². The van der Waals surface area contributed by atoms with Crippen LogP contribution in [0.1, 0.15) is 31.3 Å². The third-order valence-corrected chi connectivity index (χ3v) is 4.86. The number of primary amides is 1. The van der Waals surface area contributed by atoms with Crippen LogP contribution >= 0.6 is 0 Å². The van der Waals surface area contributed by atoms with E-state index in [4.69, 9.17) is 10.5 Å². The molecule has 10 heteroatoms. The molecular formula is C18H22F2N4O4. The predicted octanol–water partition coefficient (Wildman–Crippen LogP) is 0.922. The highest BCUT2D eigenvalue weighted by Gasteiger charge is 2.30. The number of nitrogens with two attached hydrogens (primary N) is 1. The largest absolute Gasteiger partial charge is 0.370 e. The van der Waals surface area contributed by atoms with E-state index >= 15 is 0 Å². The van der Waals surface area contributed by atoms with Crippen LogP contribution < -0.4 is 21.3 Å². The average Bonchev–Trinajstić information content (AvgIpc) is 2.60. The molecule has 0 radical (unpaired) electrons. The fraction of sp³-hybridized carbons (Fsp3) is 0.500. The molecule has 1 saturated heterocycles. The summed E-state index contributed by atoms with van der Waals surface area (Å²) in [5, 5.41) is 5.33. The summed E-state index contributed by atoms with van der Waals surface area (Å²) in [5.74, 6) is -1.97. The lowest BCUT2D eigenvalue weighted by Gasteiger charge is -2.30. The summed E-state index contributed by atoms with van der Waals surface area (Å²) < 4.78 is 32.2. The topological polar surface area (TPSA) is 114 Å². The molecule has 0 aromatic heterocycles. The minimum absolute atomic E-state index is 0.0367. The second-order valence-electron chi connectivity index (χ2n) is 6.79. The lowest BCUT2D eigenvalue weighted by molar-refractivity contribution is -0.128. The van der Waals surface area contributed by atoms with Gasteiger partial charge in [-0.2, -0.15) is 0 Å². The summed E-state index contributed by atoms with van der Waals surface area (Å²) in [6.45, 7) is 0.244. The molecule has 2 fully saturated rings. The van der Waals surface area contributed by atoms with Crippen LogP contribution in [-0.2, 0) is 19.1 Å². The highest BCUT2D eigenvalue weighted by molar-refractivity contribution is 6.09. The monoisotopic (exact) mass is 396 g/mol. The molecule has 1 aliphatic heterocycles. The van der Waals surface area contributed by atoms with Crippen LogP contribution in [0.5, 0.6) is 0 Å². The van der Waals surface area contributed by atoms with Gasteiger partial charge in [0, 0.05) is 23.8 Å². The summed E-state index contributed by atoms with van der Waals surface area (Å²) in [4.78, 5) is 37.2. The normalized spacial score (nSPS) is 18.7. The van der Waals surface area contributed by atoms with Crippen molar-refractivity contribution in [3.63, 3.8) is 0 Å². The molecule has 0 bridgehead atoms. The predicted molar refractivity (Wildman–Crippen MR) is 97.0 cm³/mol. The minimum Gasteiger partial charge on any atom is -0.370 e. The summed E-state index contributed by atoms with van der Waals surface area (Å²) >= 11 is 0. The van der Waals surface area contributed by atoms with E-state index in [1.54, 1.807) is 0 Å². The van der Waals surface area contributed by atoms with Gasteiger partial charge in [-0.1, -0.05) is 6.42 Å². The zero-order chi connectivity index (χ0) is 20.3. The van der Waals surface area contributed by atoms with Crippen LogP contribution in [0.3, 0.4) is 0 Å². The number of ether oxygens (including phenoxy) is 1. The van der Waals surface area contributed by atoms with Crippen molar-refractivity contribution in [2.45, 2.75) is 37.8 Å². The maximum absolute atomic E-state index is 13.6. The third kappa shape index (κ3) is 4.45. The number of alkyl halides is 2. The van der Waals surface area contributed by atoms with Crippen LogP contribution in [0.2, 0.25) is 0 Å². The van der Waals surface area contributed by atoms with E-state index < -0.39 is 35.8 Å². The van der Waals surface area contributed by atoms with Gasteiger partial charge < -0.3 is 20.7 Å². The minimum atomic E-state index is -2.86. The maximum Gasteiger partial charge on any atom is 0.265 e. The molecule has 1 saturated carbocycles. The fourth-order valence-electron chi connectivity index (χ4n) is 3.14. The molecular weight excluding hydrogens is 374 g/mol. The van der Waals surface area contributed by atoms with Crippen LogP contribution in [0.25, 0.3) is 0 Å². The Morgan fingerprint density at radius 1 is 1.29 bits per heavy atom. The first-order valence-electron chi connectivity index (χ1n) is 9.03. The van der Waals surface area contributed by atoms with Crippen LogP contribution in [0.4, 0.5) is 20.2 Å².